The Morgan fingerprint density at radius 1 is 1.43 bits per heavy atom. The van der Waals surface area contributed by atoms with E-state index in [4.69, 9.17) is 4.74 Å². The second-order valence-corrected chi connectivity index (χ2v) is 3.16. The van der Waals surface area contributed by atoms with Crippen LogP contribution in [0, 0.1) is 0 Å². The molecule has 0 radical (unpaired) electrons. The topological polar surface area (TPSA) is 58.6 Å². The van der Waals surface area contributed by atoms with Crippen LogP contribution in [0.1, 0.15) is 13.8 Å². The molecule has 0 heterocycles. The Morgan fingerprint density at radius 3 is 2.64 bits per heavy atom. The van der Waals surface area contributed by atoms with Gasteiger partial charge in [-0.25, -0.2) is 4.79 Å². The zero-order chi connectivity index (χ0) is 10.6. The van der Waals surface area contributed by atoms with E-state index in [0.29, 0.717) is 0 Å². The molecule has 0 bridgehead atoms. The number of aromatic hydroxyl groups is 1. The van der Waals surface area contributed by atoms with Crippen molar-refractivity contribution in [2.24, 2.45) is 0 Å². The molecular formula is C10H13NO3. The molecule has 0 aromatic heterocycles. The molecular weight excluding hydrogens is 182 g/mol. The van der Waals surface area contributed by atoms with E-state index in [1.54, 1.807) is 12.1 Å². The van der Waals surface area contributed by atoms with Crippen LogP contribution in [0.3, 0.4) is 0 Å². The summed E-state index contributed by atoms with van der Waals surface area (Å²) in [6.07, 6.45) is -0.568. The summed E-state index contributed by atoms with van der Waals surface area (Å²) < 4.78 is 4.86. The number of benzene rings is 1. The second-order valence-electron chi connectivity index (χ2n) is 3.16. The van der Waals surface area contributed by atoms with Crippen LogP contribution in [0.15, 0.2) is 24.3 Å². The van der Waals surface area contributed by atoms with Gasteiger partial charge in [-0.15, -0.1) is 0 Å². The highest BCUT2D eigenvalue weighted by Gasteiger charge is 2.08. The van der Waals surface area contributed by atoms with Crippen molar-refractivity contribution in [2.45, 2.75) is 19.9 Å². The van der Waals surface area contributed by atoms with Gasteiger partial charge >= 0.3 is 6.09 Å². The molecule has 1 aromatic rings. The number of para-hydroxylation sites is 2. The first kappa shape index (κ1) is 10.4. The van der Waals surface area contributed by atoms with E-state index in [9.17, 15) is 9.90 Å². The number of hydrogen-bond acceptors (Lipinski definition) is 3. The Kier molecular flexibility index (Phi) is 3.34. The highest BCUT2D eigenvalue weighted by molar-refractivity contribution is 5.71. The summed E-state index contributed by atoms with van der Waals surface area (Å²) in [6.45, 7) is 3.65. The maximum absolute atomic E-state index is 11.1. The Labute approximate surface area is 82.5 Å². The smallest absolute Gasteiger partial charge is 0.412 e. The lowest BCUT2D eigenvalue weighted by Crippen LogP contribution is -2.32. The van der Waals surface area contributed by atoms with Gasteiger partial charge in [-0.2, -0.15) is 0 Å². The molecule has 4 nitrogen and oxygen atoms in total. The quantitative estimate of drug-likeness (QED) is 0.757. The lowest BCUT2D eigenvalue weighted by atomic mass is 10.3. The third-order valence-electron chi connectivity index (χ3n) is 1.47. The first-order chi connectivity index (χ1) is 6.59. The van der Waals surface area contributed by atoms with Crippen molar-refractivity contribution >= 4 is 6.09 Å². The van der Waals surface area contributed by atoms with Gasteiger partial charge in [0.05, 0.1) is 0 Å². The summed E-state index contributed by atoms with van der Waals surface area (Å²) >= 11 is 0. The average molecular weight is 195 g/mol. The summed E-state index contributed by atoms with van der Waals surface area (Å²) in [6, 6.07) is 6.32. The maximum Gasteiger partial charge on any atom is 0.412 e. The monoisotopic (exact) mass is 195 g/mol. The Hall–Kier alpha value is -1.71. The van der Waals surface area contributed by atoms with Crippen molar-refractivity contribution in [3.8, 4) is 11.5 Å². The number of carbonyl (C=O) groups excluding carboxylic acids is 1. The fraction of sp³-hybridized carbons (Fsp3) is 0.300. The predicted molar refractivity (Wildman–Crippen MR) is 52.4 cm³/mol. The molecule has 2 N–H and O–H groups in total. The SMILES string of the molecule is CC(C)NC(=O)Oc1ccccc1O. The van der Waals surface area contributed by atoms with E-state index in [1.165, 1.54) is 12.1 Å². The molecule has 1 rings (SSSR count). The predicted octanol–water partition coefficient (Wildman–Crippen LogP) is 1.89. The fourth-order valence-electron chi connectivity index (χ4n) is 0.909. The molecule has 0 saturated carbocycles. The van der Waals surface area contributed by atoms with Crippen LogP contribution >= 0.6 is 0 Å². The fourth-order valence-corrected chi connectivity index (χ4v) is 0.909. The largest absolute Gasteiger partial charge is 0.504 e. The molecule has 0 saturated heterocycles. The number of ether oxygens (including phenoxy) is 1. The van der Waals surface area contributed by atoms with E-state index < -0.39 is 6.09 Å². The van der Waals surface area contributed by atoms with E-state index in [0.717, 1.165) is 0 Å². The third-order valence-corrected chi connectivity index (χ3v) is 1.47. The number of hydrogen-bond donors (Lipinski definition) is 2. The molecule has 0 spiro atoms. The highest BCUT2D eigenvalue weighted by Crippen LogP contribution is 2.24. The summed E-state index contributed by atoms with van der Waals surface area (Å²) in [5, 5.41) is 11.8. The average Bonchev–Trinajstić information content (AvgIpc) is 2.07. The van der Waals surface area contributed by atoms with Crippen LogP contribution in [-0.4, -0.2) is 17.2 Å². The van der Waals surface area contributed by atoms with Gasteiger partial charge in [-0.3, -0.25) is 0 Å². The number of phenolic OH excluding ortho intramolecular Hbond substituents is 1. The van der Waals surface area contributed by atoms with Crippen LogP contribution in [0.5, 0.6) is 11.5 Å². The lowest BCUT2D eigenvalue weighted by molar-refractivity contribution is 0.196. The Balaban J connectivity index is 2.61. The van der Waals surface area contributed by atoms with E-state index in [-0.39, 0.29) is 17.5 Å². The summed E-state index contributed by atoms with van der Waals surface area (Å²) in [4.78, 5) is 11.1. The van der Waals surface area contributed by atoms with Gasteiger partial charge in [0.25, 0.3) is 0 Å². The van der Waals surface area contributed by atoms with Gasteiger partial charge in [0.2, 0.25) is 0 Å². The number of rotatable bonds is 2. The first-order valence-electron chi connectivity index (χ1n) is 4.36. The number of nitrogens with one attached hydrogen (secondary N) is 1. The molecule has 1 aromatic carbocycles. The van der Waals surface area contributed by atoms with Crippen LogP contribution in [-0.2, 0) is 0 Å². The summed E-state index contributed by atoms with van der Waals surface area (Å²) in [7, 11) is 0. The van der Waals surface area contributed by atoms with Crippen molar-refractivity contribution in [3.63, 3.8) is 0 Å². The molecule has 0 aliphatic rings. The minimum absolute atomic E-state index is 0.00774. The lowest BCUT2D eigenvalue weighted by Gasteiger charge is -2.09. The zero-order valence-electron chi connectivity index (χ0n) is 8.15. The van der Waals surface area contributed by atoms with Crippen LogP contribution in [0.2, 0.25) is 0 Å². The molecule has 0 fully saturated rings. The number of carbonyl (C=O) groups is 1. The zero-order valence-corrected chi connectivity index (χ0v) is 8.15. The highest BCUT2D eigenvalue weighted by atomic mass is 16.6. The molecule has 0 aliphatic heterocycles. The van der Waals surface area contributed by atoms with Gasteiger partial charge < -0.3 is 15.2 Å². The van der Waals surface area contributed by atoms with Gasteiger partial charge in [-0.1, -0.05) is 12.1 Å². The Morgan fingerprint density at radius 2 is 2.07 bits per heavy atom. The molecule has 0 aliphatic carbocycles. The standard InChI is InChI=1S/C10H13NO3/c1-7(2)11-10(13)14-9-6-4-3-5-8(9)12/h3-7,12H,1-2H3,(H,11,13). The van der Waals surface area contributed by atoms with Crippen molar-refractivity contribution in [2.75, 3.05) is 0 Å². The van der Waals surface area contributed by atoms with Gasteiger partial charge in [0.15, 0.2) is 11.5 Å². The van der Waals surface area contributed by atoms with Gasteiger partial charge in [0.1, 0.15) is 0 Å². The summed E-state index contributed by atoms with van der Waals surface area (Å²) in [5.41, 5.74) is 0. The third kappa shape index (κ3) is 2.97. The second kappa shape index (κ2) is 4.50. The van der Waals surface area contributed by atoms with Crippen LogP contribution in [0.4, 0.5) is 4.79 Å². The molecule has 4 heteroatoms. The maximum atomic E-state index is 11.1. The van der Waals surface area contributed by atoms with Gasteiger partial charge in [0, 0.05) is 6.04 Å². The van der Waals surface area contributed by atoms with E-state index >= 15 is 0 Å². The molecule has 76 valence electrons. The normalized spacial score (nSPS) is 9.93. The van der Waals surface area contributed by atoms with Crippen molar-refractivity contribution in [3.05, 3.63) is 24.3 Å². The van der Waals surface area contributed by atoms with Crippen molar-refractivity contribution in [1.82, 2.24) is 5.32 Å². The Bertz CT molecular complexity index is 323. The van der Waals surface area contributed by atoms with E-state index in [2.05, 4.69) is 5.32 Å². The minimum atomic E-state index is -0.568. The molecule has 14 heavy (non-hydrogen) atoms. The van der Waals surface area contributed by atoms with E-state index in [1.807, 2.05) is 13.8 Å². The van der Waals surface area contributed by atoms with Gasteiger partial charge in [-0.05, 0) is 26.0 Å². The minimum Gasteiger partial charge on any atom is -0.504 e. The van der Waals surface area contributed by atoms with Crippen molar-refractivity contribution in [1.29, 1.82) is 0 Å². The molecule has 0 atom stereocenters. The van der Waals surface area contributed by atoms with Crippen LogP contribution in [0.25, 0.3) is 0 Å². The van der Waals surface area contributed by atoms with Crippen molar-refractivity contribution < 1.29 is 14.6 Å². The summed E-state index contributed by atoms with van der Waals surface area (Å²) in [5.74, 6) is 0.108. The number of phenols is 1. The molecule has 1 amide bonds. The molecule has 0 unspecified atom stereocenters. The number of amides is 1. The van der Waals surface area contributed by atoms with Crippen LogP contribution < -0.4 is 10.1 Å². The first-order valence-corrected chi connectivity index (χ1v) is 4.36.